The van der Waals surface area contributed by atoms with Gasteiger partial charge in [0, 0.05) is 18.7 Å². The van der Waals surface area contributed by atoms with Crippen LogP contribution in [-0.4, -0.2) is 29.2 Å². The number of nitrogens with zero attached hydrogens (tertiary/aromatic N) is 2. The van der Waals surface area contributed by atoms with Gasteiger partial charge in [-0.05, 0) is 19.3 Å². The third-order valence-electron chi connectivity index (χ3n) is 3.36. The molecule has 1 N–H and O–H groups in total. The number of benzene rings is 1. The van der Waals surface area contributed by atoms with Crippen LogP contribution in [-0.2, 0) is 0 Å². The van der Waals surface area contributed by atoms with Crippen molar-refractivity contribution < 1.29 is 14.4 Å². The van der Waals surface area contributed by atoms with Crippen LogP contribution in [0.4, 0.5) is 15.8 Å². The zero-order valence-electron chi connectivity index (χ0n) is 10.2. The van der Waals surface area contributed by atoms with Gasteiger partial charge in [0.1, 0.15) is 11.5 Å². The number of piperidine rings is 1. The molecule has 5 nitrogen and oxygen atoms in total. The number of aliphatic hydroxyl groups is 1. The van der Waals surface area contributed by atoms with Gasteiger partial charge in [0.25, 0.3) is 5.69 Å². The molecule has 1 unspecified atom stereocenters. The van der Waals surface area contributed by atoms with Crippen molar-refractivity contribution >= 4 is 23.0 Å². The summed E-state index contributed by atoms with van der Waals surface area (Å²) in [4.78, 5) is 12.2. The van der Waals surface area contributed by atoms with Crippen LogP contribution in [0.25, 0.3) is 0 Å². The van der Waals surface area contributed by atoms with Gasteiger partial charge >= 0.3 is 0 Å². The second kappa shape index (κ2) is 5.71. The molecule has 104 valence electrons. The van der Waals surface area contributed by atoms with Gasteiger partial charge in [-0.15, -0.1) is 0 Å². The van der Waals surface area contributed by atoms with Crippen LogP contribution in [0.2, 0.25) is 5.02 Å². The van der Waals surface area contributed by atoms with E-state index in [1.165, 1.54) is 0 Å². The zero-order chi connectivity index (χ0) is 14.0. The Hall–Kier alpha value is -1.40. The maximum Gasteiger partial charge on any atom is 0.294 e. The van der Waals surface area contributed by atoms with E-state index in [1.807, 2.05) is 0 Å². The summed E-state index contributed by atoms with van der Waals surface area (Å²) in [6.07, 6.45) is 2.54. The topological polar surface area (TPSA) is 66.6 Å². The van der Waals surface area contributed by atoms with Gasteiger partial charge in [-0.1, -0.05) is 11.6 Å². The minimum absolute atomic E-state index is 0.110. The van der Waals surface area contributed by atoms with Crippen molar-refractivity contribution in [2.75, 3.05) is 18.1 Å². The number of nitro groups is 1. The lowest BCUT2D eigenvalue weighted by atomic mass is 10.0. The van der Waals surface area contributed by atoms with Crippen molar-refractivity contribution in [3.05, 3.63) is 33.1 Å². The first-order chi connectivity index (χ1) is 9.04. The van der Waals surface area contributed by atoms with Gasteiger partial charge in [0.15, 0.2) is 0 Å². The molecule has 0 amide bonds. The van der Waals surface area contributed by atoms with E-state index in [-0.39, 0.29) is 29.0 Å². The first-order valence-electron chi connectivity index (χ1n) is 6.05. The van der Waals surface area contributed by atoms with Crippen LogP contribution < -0.4 is 4.90 Å². The molecule has 1 aromatic rings. The van der Waals surface area contributed by atoms with Crippen molar-refractivity contribution in [1.82, 2.24) is 0 Å². The summed E-state index contributed by atoms with van der Waals surface area (Å²) < 4.78 is 13.6. The monoisotopic (exact) mass is 288 g/mol. The van der Waals surface area contributed by atoms with Gasteiger partial charge in [-0.25, -0.2) is 4.39 Å². The van der Waals surface area contributed by atoms with Crippen molar-refractivity contribution in [2.45, 2.75) is 25.3 Å². The quantitative estimate of drug-likeness (QED) is 0.686. The number of hydrogen-bond acceptors (Lipinski definition) is 4. The van der Waals surface area contributed by atoms with Gasteiger partial charge < -0.3 is 10.0 Å². The van der Waals surface area contributed by atoms with Gasteiger partial charge in [-0.3, -0.25) is 10.1 Å². The number of rotatable bonds is 3. The van der Waals surface area contributed by atoms with Crippen LogP contribution in [0, 0.1) is 15.9 Å². The van der Waals surface area contributed by atoms with E-state index < -0.39 is 10.7 Å². The van der Waals surface area contributed by atoms with E-state index in [4.69, 9.17) is 11.6 Å². The molecule has 1 atom stereocenters. The average molecular weight is 289 g/mol. The summed E-state index contributed by atoms with van der Waals surface area (Å²) >= 11 is 5.59. The molecular formula is C12H14ClFN2O3. The normalized spacial score (nSPS) is 19.5. The lowest BCUT2D eigenvalue weighted by Crippen LogP contribution is -2.42. The van der Waals surface area contributed by atoms with Gasteiger partial charge in [-0.2, -0.15) is 0 Å². The summed E-state index contributed by atoms with van der Waals surface area (Å²) in [7, 11) is 0. The molecule has 0 spiro atoms. The SMILES string of the molecule is O=[N+]([O-])c1cc(Cl)c(F)cc1N1CCCCC1CO. The predicted molar refractivity (Wildman–Crippen MR) is 70.1 cm³/mol. The molecule has 1 aliphatic heterocycles. The maximum atomic E-state index is 13.6. The lowest BCUT2D eigenvalue weighted by Gasteiger charge is -2.36. The van der Waals surface area contributed by atoms with Crippen LogP contribution in [0.15, 0.2) is 12.1 Å². The lowest BCUT2D eigenvalue weighted by molar-refractivity contribution is -0.384. The fourth-order valence-corrected chi connectivity index (χ4v) is 2.57. The standard InChI is InChI=1S/C12H14ClFN2O3/c13-9-5-12(16(18)19)11(6-10(9)14)15-4-2-1-3-8(15)7-17/h5-6,8,17H,1-4,7H2. The molecule has 1 saturated heterocycles. The fraction of sp³-hybridized carbons (Fsp3) is 0.500. The molecule has 1 aromatic carbocycles. The second-order valence-electron chi connectivity index (χ2n) is 4.54. The summed E-state index contributed by atoms with van der Waals surface area (Å²) in [6.45, 7) is 0.453. The van der Waals surface area contributed by atoms with Crippen LogP contribution >= 0.6 is 11.6 Å². The molecule has 2 rings (SSSR count). The van der Waals surface area contributed by atoms with E-state index in [2.05, 4.69) is 0 Å². The minimum atomic E-state index is -0.690. The van der Waals surface area contributed by atoms with Crippen LogP contribution in [0.3, 0.4) is 0 Å². The molecule has 0 radical (unpaired) electrons. The van der Waals surface area contributed by atoms with Crippen LogP contribution in [0.1, 0.15) is 19.3 Å². The number of anilines is 1. The third kappa shape index (κ3) is 2.79. The van der Waals surface area contributed by atoms with Gasteiger partial charge in [0.05, 0.1) is 22.6 Å². The molecule has 1 fully saturated rings. The van der Waals surface area contributed by atoms with Crippen molar-refractivity contribution in [3.63, 3.8) is 0 Å². The Morgan fingerprint density at radius 2 is 2.26 bits per heavy atom. The number of nitro benzene ring substituents is 1. The maximum absolute atomic E-state index is 13.6. The first-order valence-corrected chi connectivity index (χ1v) is 6.43. The van der Waals surface area contributed by atoms with E-state index in [1.54, 1.807) is 4.90 Å². The summed E-state index contributed by atoms with van der Waals surface area (Å²) in [6, 6.07) is 1.89. The van der Waals surface area contributed by atoms with Crippen molar-refractivity contribution in [1.29, 1.82) is 0 Å². The first kappa shape index (κ1) is 14.0. The number of aliphatic hydroxyl groups excluding tert-OH is 1. The summed E-state index contributed by atoms with van der Waals surface area (Å²) in [5, 5.41) is 20.1. The number of hydrogen-bond donors (Lipinski definition) is 1. The molecule has 7 heteroatoms. The highest BCUT2D eigenvalue weighted by molar-refractivity contribution is 6.31. The molecule has 0 aliphatic carbocycles. The third-order valence-corrected chi connectivity index (χ3v) is 3.65. The van der Waals surface area contributed by atoms with Gasteiger partial charge in [0.2, 0.25) is 0 Å². The molecule has 1 heterocycles. The van der Waals surface area contributed by atoms with Crippen LogP contribution in [0.5, 0.6) is 0 Å². The van der Waals surface area contributed by atoms with E-state index in [0.717, 1.165) is 31.4 Å². The van der Waals surface area contributed by atoms with E-state index in [9.17, 15) is 19.6 Å². The van der Waals surface area contributed by atoms with Crippen molar-refractivity contribution in [2.24, 2.45) is 0 Å². The Bertz CT molecular complexity index is 498. The molecule has 1 aliphatic rings. The average Bonchev–Trinajstić information content (AvgIpc) is 2.41. The minimum Gasteiger partial charge on any atom is -0.394 e. The molecule has 19 heavy (non-hydrogen) atoms. The van der Waals surface area contributed by atoms with Crippen molar-refractivity contribution in [3.8, 4) is 0 Å². The predicted octanol–water partition coefficient (Wildman–Crippen LogP) is 2.74. The fourth-order valence-electron chi connectivity index (χ4n) is 2.41. The zero-order valence-corrected chi connectivity index (χ0v) is 10.9. The second-order valence-corrected chi connectivity index (χ2v) is 4.94. The summed E-state index contributed by atoms with van der Waals surface area (Å²) in [5.41, 5.74) is -0.0441. The summed E-state index contributed by atoms with van der Waals surface area (Å²) in [5.74, 6) is -0.690. The Balaban J connectivity index is 2.47. The number of halogens is 2. The Labute approximate surface area is 114 Å². The Kier molecular flexibility index (Phi) is 4.21. The molecular weight excluding hydrogens is 275 g/mol. The van der Waals surface area contributed by atoms with E-state index >= 15 is 0 Å². The molecule has 0 saturated carbocycles. The van der Waals surface area contributed by atoms with E-state index in [0.29, 0.717) is 6.54 Å². The highest BCUT2D eigenvalue weighted by atomic mass is 35.5. The molecule has 0 aromatic heterocycles. The smallest absolute Gasteiger partial charge is 0.294 e. The molecule has 0 bridgehead atoms. The highest BCUT2D eigenvalue weighted by Crippen LogP contribution is 2.36. The Morgan fingerprint density at radius 3 is 2.89 bits per heavy atom. The largest absolute Gasteiger partial charge is 0.394 e. The highest BCUT2D eigenvalue weighted by Gasteiger charge is 2.29. The Morgan fingerprint density at radius 1 is 1.53 bits per heavy atom.